The molecule has 2 N–H and O–H groups in total. The van der Waals surface area contributed by atoms with Crippen LogP contribution < -0.4 is 19.7 Å². The molecule has 1 aromatic heterocycles. The molecule has 0 spiro atoms. The predicted octanol–water partition coefficient (Wildman–Crippen LogP) is 4.60. The van der Waals surface area contributed by atoms with Crippen molar-refractivity contribution in [3.8, 4) is 17.0 Å². The molecule has 2 aliphatic rings. The molecule has 0 radical (unpaired) electrons. The van der Waals surface area contributed by atoms with Gasteiger partial charge in [0.1, 0.15) is 17.4 Å². The van der Waals surface area contributed by atoms with Crippen LogP contribution in [0.5, 0.6) is 5.75 Å². The van der Waals surface area contributed by atoms with Crippen molar-refractivity contribution in [2.75, 3.05) is 37.7 Å². The lowest BCUT2D eigenvalue weighted by atomic mass is 9.97. The molecule has 0 saturated carbocycles. The van der Waals surface area contributed by atoms with Crippen LogP contribution in [0.2, 0.25) is 0 Å². The number of anilines is 1. The highest BCUT2D eigenvalue weighted by molar-refractivity contribution is 7.87. The summed E-state index contributed by atoms with van der Waals surface area (Å²) in [5.74, 6) is 0.194. The third kappa shape index (κ3) is 7.55. The number of amides is 1. The van der Waals surface area contributed by atoms with E-state index in [1.807, 2.05) is 13.8 Å². The van der Waals surface area contributed by atoms with E-state index in [-0.39, 0.29) is 29.6 Å². The van der Waals surface area contributed by atoms with Gasteiger partial charge in [-0.3, -0.25) is 4.79 Å². The van der Waals surface area contributed by atoms with Gasteiger partial charge in [0.2, 0.25) is 0 Å². The number of nitrogens with zero attached hydrogens (tertiary/aromatic N) is 3. The van der Waals surface area contributed by atoms with Crippen LogP contribution in [0.15, 0.2) is 30.3 Å². The Morgan fingerprint density at radius 1 is 1.29 bits per heavy atom. The normalized spacial score (nSPS) is 20.7. The zero-order chi connectivity index (χ0) is 29.9. The van der Waals surface area contributed by atoms with E-state index in [9.17, 15) is 17.6 Å². The van der Waals surface area contributed by atoms with Gasteiger partial charge in [0, 0.05) is 42.8 Å². The number of carbonyl (C=O) groups excluding carboxylic acids is 1. The molecule has 1 amide bonds. The first-order valence-corrected chi connectivity index (χ1v) is 16.0. The molecule has 3 heterocycles. The number of nitrogens with one attached hydrogen (secondary N) is 2. The van der Waals surface area contributed by atoms with Gasteiger partial charge in [-0.15, -0.1) is 0 Å². The maximum atomic E-state index is 14.6. The highest BCUT2D eigenvalue weighted by atomic mass is 32.2. The fourth-order valence-corrected chi connectivity index (χ4v) is 6.99. The molecule has 4 rings (SSSR count). The van der Waals surface area contributed by atoms with Gasteiger partial charge in [-0.1, -0.05) is 27.7 Å². The quantitative estimate of drug-likeness (QED) is 0.395. The van der Waals surface area contributed by atoms with Crippen LogP contribution in [0.3, 0.4) is 0 Å². The lowest BCUT2D eigenvalue weighted by Gasteiger charge is -2.34. The molecule has 2 atom stereocenters. The number of hydrogen-bond donors (Lipinski definition) is 2. The molecule has 0 bridgehead atoms. The van der Waals surface area contributed by atoms with Crippen molar-refractivity contribution in [1.29, 1.82) is 0 Å². The zero-order valence-electron chi connectivity index (χ0n) is 25.0. The van der Waals surface area contributed by atoms with E-state index in [4.69, 9.17) is 9.72 Å². The summed E-state index contributed by atoms with van der Waals surface area (Å²) in [6.07, 6.45) is 2.77. The Hall–Kier alpha value is -2.76. The number of aromatic nitrogens is 1. The minimum atomic E-state index is -4.09. The molecule has 1 aromatic carbocycles. The summed E-state index contributed by atoms with van der Waals surface area (Å²) in [7, 11) is -4.09. The van der Waals surface area contributed by atoms with Gasteiger partial charge >= 0.3 is 10.2 Å². The first-order valence-electron chi connectivity index (χ1n) is 14.6. The van der Waals surface area contributed by atoms with Crippen LogP contribution in [0.1, 0.15) is 71.2 Å². The fraction of sp³-hybridized carbons (Fsp3) is 0.600. The third-order valence-electron chi connectivity index (χ3n) is 7.70. The van der Waals surface area contributed by atoms with Gasteiger partial charge in [0.05, 0.1) is 17.9 Å². The monoisotopic (exact) mass is 589 g/mol. The van der Waals surface area contributed by atoms with Gasteiger partial charge in [0.25, 0.3) is 5.91 Å². The average molecular weight is 590 g/mol. The Kier molecular flexibility index (Phi) is 9.60. The van der Waals surface area contributed by atoms with E-state index < -0.39 is 21.9 Å². The molecule has 2 fully saturated rings. The number of hydrogen-bond acceptors (Lipinski definition) is 7. The number of ether oxygens (including phenoxy) is 1. The Bertz CT molecular complexity index is 1340. The second-order valence-corrected chi connectivity index (χ2v) is 14.0. The van der Waals surface area contributed by atoms with Crippen LogP contribution in [0.4, 0.5) is 10.2 Å². The number of rotatable bonds is 11. The number of pyridine rings is 1. The zero-order valence-corrected chi connectivity index (χ0v) is 25.9. The van der Waals surface area contributed by atoms with Crippen LogP contribution in [0, 0.1) is 17.7 Å². The van der Waals surface area contributed by atoms with Gasteiger partial charge in [0.15, 0.2) is 0 Å². The molecule has 2 saturated heterocycles. The van der Waals surface area contributed by atoms with Crippen LogP contribution in [-0.4, -0.2) is 68.0 Å². The summed E-state index contributed by atoms with van der Waals surface area (Å²) in [5, 5.41) is 3.31. The number of likely N-dealkylation sites (N-methyl/N-ethyl adjacent to an activating group) is 1. The van der Waals surface area contributed by atoms with E-state index in [1.54, 1.807) is 25.1 Å². The first kappa shape index (κ1) is 31.2. The van der Waals surface area contributed by atoms with Crippen LogP contribution >= 0.6 is 0 Å². The molecule has 2 aliphatic heterocycles. The van der Waals surface area contributed by atoms with Gasteiger partial charge in [-0.2, -0.15) is 12.7 Å². The van der Waals surface area contributed by atoms with Gasteiger partial charge in [-0.25, -0.2) is 14.1 Å². The number of carbonyl (C=O) groups is 1. The standard InChI is InChI=1S/C30H44FN5O4S/c1-7-35(18-24-9-8-12-32-24)41(38,39)34-29(37)26-10-11-27(33-28(26)36-17-21(4)16-30(36,5)6)22-13-23(31)15-25(14-22)40-19-20(2)3/h10-11,13-15,20-21,24,32H,7-9,12,16-19H2,1-6H3,(H,34,37)/t21-,24?/m0/s1. The second kappa shape index (κ2) is 12.6. The molecule has 2 aromatic rings. The predicted molar refractivity (Wildman–Crippen MR) is 160 cm³/mol. The summed E-state index contributed by atoms with van der Waals surface area (Å²) in [6, 6.07) is 7.72. The van der Waals surface area contributed by atoms with E-state index in [2.05, 4.69) is 35.7 Å². The maximum Gasteiger partial charge on any atom is 0.304 e. The molecular formula is C30H44FN5O4S. The summed E-state index contributed by atoms with van der Waals surface area (Å²) in [4.78, 5) is 20.5. The van der Waals surface area contributed by atoms with Crippen molar-refractivity contribution in [3.05, 3.63) is 41.7 Å². The molecule has 11 heteroatoms. The highest BCUT2D eigenvalue weighted by Gasteiger charge is 2.39. The van der Waals surface area contributed by atoms with Crippen LogP contribution in [-0.2, 0) is 10.2 Å². The van der Waals surface area contributed by atoms with Crippen molar-refractivity contribution < 1.29 is 22.3 Å². The smallest absolute Gasteiger partial charge is 0.304 e. The topological polar surface area (TPSA) is 104 Å². The van der Waals surface area contributed by atoms with E-state index in [0.29, 0.717) is 48.4 Å². The number of benzene rings is 1. The largest absolute Gasteiger partial charge is 0.493 e. The van der Waals surface area contributed by atoms with Crippen molar-refractivity contribution in [2.24, 2.45) is 11.8 Å². The molecule has 1 unspecified atom stereocenters. The summed E-state index contributed by atoms with van der Waals surface area (Å²) in [6.45, 7) is 14.6. The summed E-state index contributed by atoms with van der Waals surface area (Å²) < 4.78 is 50.5. The molecule has 226 valence electrons. The Labute approximate surface area is 244 Å². The Balaban J connectivity index is 1.69. The minimum Gasteiger partial charge on any atom is -0.493 e. The summed E-state index contributed by atoms with van der Waals surface area (Å²) >= 11 is 0. The highest BCUT2D eigenvalue weighted by Crippen LogP contribution is 2.38. The van der Waals surface area contributed by atoms with Crippen molar-refractivity contribution in [2.45, 2.75) is 72.4 Å². The lowest BCUT2D eigenvalue weighted by Crippen LogP contribution is -2.48. The summed E-state index contributed by atoms with van der Waals surface area (Å²) in [5.41, 5.74) is 0.806. The minimum absolute atomic E-state index is 0.0608. The van der Waals surface area contributed by atoms with E-state index in [1.165, 1.54) is 16.4 Å². The van der Waals surface area contributed by atoms with E-state index in [0.717, 1.165) is 25.8 Å². The first-order chi connectivity index (χ1) is 19.3. The maximum absolute atomic E-state index is 14.6. The molecular weight excluding hydrogens is 545 g/mol. The van der Waals surface area contributed by atoms with Crippen molar-refractivity contribution >= 4 is 21.9 Å². The van der Waals surface area contributed by atoms with Crippen LogP contribution in [0.25, 0.3) is 11.3 Å². The van der Waals surface area contributed by atoms with Crippen molar-refractivity contribution in [3.63, 3.8) is 0 Å². The molecule has 9 nitrogen and oxygen atoms in total. The average Bonchev–Trinajstić information content (AvgIpc) is 3.50. The van der Waals surface area contributed by atoms with E-state index >= 15 is 0 Å². The Morgan fingerprint density at radius 3 is 2.66 bits per heavy atom. The second-order valence-electron chi connectivity index (χ2n) is 12.4. The number of halogens is 1. The third-order valence-corrected chi connectivity index (χ3v) is 9.23. The Morgan fingerprint density at radius 2 is 2.05 bits per heavy atom. The molecule has 41 heavy (non-hydrogen) atoms. The van der Waals surface area contributed by atoms with Gasteiger partial charge < -0.3 is 15.0 Å². The molecule has 0 aliphatic carbocycles. The SMILES string of the molecule is CCN(CC1CCCN1)S(=O)(=O)NC(=O)c1ccc(-c2cc(F)cc(OCC(C)C)c2)nc1N1C[C@@H](C)CC1(C)C. The lowest BCUT2D eigenvalue weighted by molar-refractivity contribution is 0.0979. The fourth-order valence-electron chi connectivity index (χ4n) is 5.80. The van der Waals surface area contributed by atoms with Crippen molar-refractivity contribution in [1.82, 2.24) is 19.3 Å². The van der Waals surface area contributed by atoms with Gasteiger partial charge in [-0.05, 0) is 75.8 Å².